The summed E-state index contributed by atoms with van der Waals surface area (Å²) in [6.45, 7) is 0.616. The first-order valence-electron chi connectivity index (χ1n) is 8.89. The Bertz CT molecular complexity index is 1020. The number of aromatic amines is 1. The Kier molecular flexibility index (Phi) is 5.16. The maximum Gasteiger partial charge on any atom is 0.320 e. The molecule has 2 aromatic heterocycles. The minimum Gasteiger partial charge on any atom is -0.338 e. The van der Waals surface area contributed by atoms with Gasteiger partial charge in [0.1, 0.15) is 0 Å². The van der Waals surface area contributed by atoms with Crippen molar-refractivity contribution in [2.75, 3.05) is 11.9 Å². The van der Waals surface area contributed by atoms with E-state index in [0.717, 1.165) is 29.3 Å². The van der Waals surface area contributed by atoms with E-state index in [1.807, 2.05) is 36.4 Å². The van der Waals surface area contributed by atoms with Crippen LogP contribution in [-0.2, 0) is 6.42 Å². The molecule has 0 unspecified atom stereocenters. The van der Waals surface area contributed by atoms with Gasteiger partial charge in [-0.05, 0) is 58.5 Å². The lowest BCUT2D eigenvalue weighted by Crippen LogP contribution is -2.29. The number of benzene rings is 2. The Balaban J connectivity index is 1.33. The van der Waals surface area contributed by atoms with Crippen LogP contribution in [0.2, 0.25) is 0 Å². The fourth-order valence-electron chi connectivity index (χ4n) is 3.01. The van der Waals surface area contributed by atoms with E-state index in [2.05, 4.69) is 49.8 Å². The van der Waals surface area contributed by atoms with E-state index in [0.29, 0.717) is 12.4 Å². The highest BCUT2D eigenvalue weighted by Gasteiger charge is 2.10. The van der Waals surface area contributed by atoms with Gasteiger partial charge < -0.3 is 5.32 Å². The quantitative estimate of drug-likeness (QED) is 0.412. The number of nitrogens with one attached hydrogen (secondary N) is 3. The van der Waals surface area contributed by atoms with Crippen LogP contribution >= 0.6 is 11.3 Å². The van der Waals surface area contributed by atoms with Crippen molar-refractivity contribution in [1.29, 1.82) is 0 Å². The molecule has 136 valence electrons. The SMILES string of the molecule is O=C(NCCCc1ccccc1)Nc1n[nH]c2cc(-c3ccsc3)ccc12. The van der Waals surface area contributed by atoms with Gasteiger partial charge in [-0.2, -0.15) is 16.4 Å². The minimum atomic E-state index is -0.238. The summed E-state index contributed by atoms with van der Waals surface area (Å²) in [5.74, 6) is 0.544. The highest BCUT2D eigenvalue weighted by molar-refractivity contribution is 7.08. The molecule has 0 bridgehead atoms. The summed E-state index contributed by atoms with van der Waals surface area (Å²) in [7, 11) is 0. The lowest BCUT2D eigenvalue weighted by Gasteiger charge is -2.06. The standard InChI is InChI=1S/C21H20N4OS/c26-21(22-11-4-7-15-5-2-1-3-6-15)23-20-18-9-8-16(13-19(18)24-25-20)17-10-12-27-14-17/h1-3,5-6,8-10,12-14H,4,7,11H2,(H3,22,23,24,25,26). The molecule has 0 fully saturated rings. The summed E-state index contributed by atoms with van der Waals surface area (Å²) in [5, 5.41) is 18.0. The number of nitrogens with zero attached hydrogens (tertiary/aromatic N) is 1. The second kappa shape index (κ2) is 8.05. The molecule has 27 heavy (non-hydrogen) atoms. The van der Waals surface area contributed by atoms with E-state index in [4.69, 9.17) is 0 Å². The van der Waals surface area contributed by atoms with Crippen molar-refractivity contribution in [1.82, 2.24) is 15.5 Å². The van der Waals surface area contributed by atoms with Gasteiger partial charge in [-0.15, -0.1) is 0 Å². The summed E-state index contributed by atoms with van der Waals surface area (Å²) < 4.78 is 0. The predicted octanol–water partition coefficient (Wildman–Crippen LogP) is 5.05. The number of amides is 2. The van der Waals surface area contributed by atoms with Crippen LogP contribution in [0.15, 0.2) is 65.4 Å². The first kappa shape index (κ1) is 17.3. The highest BCUT2D eigenvalue weighted by Crippen LogP contribution is 2.28. The van der Waals surface area contributed by atoms with Gasteiger partial charge in [0.15, 0.2) is 5.82 Å². The Morgan fingerprint density at radius 1 is 1.07 bits per heavy atom. The number of hydrogen-bond donors (Lipinski definition) is 3. The van der Waals surface area contributed by atoms with Crippen molar-refractivity contribution >= 4 is 34.1 Å². The largest absolute Gasteiger partial charge is 0.338 e. The molecule has 0 aliphatic carbocycles. The Morgan fingerprint density at radius 2 is 1.96 bits per heavy atom. The number of H-pyrrole nitrogens is 1. The van der Waals surface area contributed by atoms with E-state index in [-0.39, 0.29) is 6.03 Å². The zero-order chi connectivity index (χ0) is 18.5. The number of fused-ring (bicyclic) bond motifs is 1. The van der Waals surface area contributed by atoms with Gasteiger partial charge in [0.2, 0.25) is 0 Å². The minimum absolute atomic E-state index is 0.238. The van der Waals surface area contributed by atoms with Crippen molar-refractivity contribution in [2.45, 2.75) is 12.8 Å². The molecule has 0 aliphatic heterocycles. The normalized spacial score (nSPS) is 10.8. The van der Waals surface area contributed by atoms with Gasteiger partial charge in [0.05, 0.1) is 5.52 Å². The molecule has 4 rings (SSSR count). The smallest absolute Gasteiger partial charge is 0.320 e. The number of aryl methyl sites for hydroxylation is 1. The molecule has 0 aliphatic rings. The molecule has 4 aromatic rings. The average molecular weight is 376 g/mol. The van der Waals surface area contributed by atoms with Crippen LogP contribution in [0.25, 0.3) is 22.0 Å². The molecule has 3 N–H and O–H groups in total. The van der Waals surface area contributed by atoms with Crippen LogP contribution in [-0.4, -0.2) is 22.8 Å². The van der Waals surface area contributed by atoms with E-state index >= 15 is 0 Å². The van der Waals surface area contributed by atoms with Crippen LogP contribution in [0, 0.1) is 0 Å². The van der Waals surface area contributed by atoms with E-state index in [1.165, 1.54) is 11.1 Å². The molecule has 2 aromatic carbocycles. The third-order valence-corrected chi connectivity index (χ3v) is 5.10. The second-order valence-corrected chi connectivity index (χ2v) is 7.09. The van der Waals surface area contributed by atoms with Gasteiger partial charge >= 0.3 is 6.03 Å². The van der Waals surface area contributed by atoms with Crippen molar-refractivity contribution in [3.63, 3.8) is 0 Å². The zero-order valence-corrected chi connectivity index (χ0v) is 15.6. The molecule has 0 radical (unpaired) electrons. The molecule has 6 heteroatoms. The van der Waals surface area contributed by atoms with Gasteiger partial charge in [0.25, 0.3) is 0 Å². The summed E-state index contributed by atoms with van der Waals surface area (Å²) >= 11 is 1.67. The summed E-state index contributed by atoms with van der Waals surface area (Å²) in [6, 6.07) is 18.2. The number of thiophene rings is 1. The molecule has 5 nitrogen and oxygen atoms in total. The topological polar surface area (TPSA) is 69.8 Å². The molecule has 2 heterocycles. The molecular formula is C21H20N4OS. The van der Waals surface area contributed by atoms with E-state index < -0.39 is 0 Å². The van der Waals surface area contributed by atoms with E-state index in [9.17, 15) is 4.79 Å². The van der Waals surface area contributed by atoms with Crippen LogP contribution < -0.4 is 10.6 Å². The monoisotopic (exact) mass is 376 g/mol. The third kappa shape index (κ3) is 4.17. The van der Waals surface area contributed by atoms with Crippen molar-refractivity contribution in [3.8, 4) is 11.1 Å². The van der Waals surface area contributed by atoms with Gasteiger partial charge in [-0.25, -0.2) is 4.79 Å². The summed E-state index contributed by atoms with van der Waals surface area (Å²) in [4.78, 5) is 12.1. The molecule has 0 spiro atoms. The highest BCUT2D eigenvalue weighted by atomic mass is 32.1. The number of carbonyl (C=O) groups excluding carboxylic acids is 1. The first-order valence-corrected chi connectivity index (χ1v) is 9.83. The van der Waals surface area contributed by atoms with E-state index in [1.54, 1.807) is 11.3 Å². The van der Waals surface area contributed by atoms with Gasteiger partial charge in [0, 0.05) is 11.9 Å². The Labute approximate surface area is 161 Å². The van der Waals surface area contributed by atoms with Crippen LogP contribution in [0.4, 0.5) is 10.6 Å². The number of rotatable bonds is 6. The van der Waals surface area contributed by atoms with Gasteiger partial charge in [-0.3, -0.25) is 10.4 Å². The number of anilines is 1. The first-order chi connectivity index (χ1) is 13.3. The average Bonchev–Trinajstić information content (AvgIpc) is 3.36. The maximum atomic E-state index is 12.1. The number of hydrogen-bond acceptors (Lipinski definition) is 3. The fraction of sp³-hybridized carbons (Fsp3) is 0.143. The molecule has 0 atom stereocenters. The predicted molar refractivity (Wildman–Crippen MR) is 111 cm³/mol. The molecule has 0 saturated carbocycles. The number of aromatic nitrogens is 2. The zero-order valence-electron chi connectivity index (χ0n) is 14.7. The van der Waals surface area contributed by atoms with Crippen LogP contribution in [0.3, 0.4) is 0 Å². The van der Waals surface area contributed by atoms with Crippen molar-refractivity contribution in [2.24, 2.45) is 0 Å². The summed E-state index contributed by atoms with van der Waals surface area (Å²) in [5.41, 5.74) is 4.49. The van der Waals surface area contributed by atoms with Crippen molar-refractivity contribution in [3.05, 3.63) is 70.9 Å². The Morgan fingerprint density at radius 3 is 2.78 bits per heavy atom. The Hall–Kier alpha value is -3.12. The van der Waals surface area contributed by atoms with Crippen molar-refractivity contribution < 1.29 is 4.79 Å². The third-order valence-electron chi connectivity index (χ3n) is 4.42. The maximum absolute atomic E-state index is 12.1. The lowest BCUT2D eigenvalue weighted by atomic mass is 10.1. The summed E-state index contributed by atoms with van der Waals surface area (Å²) in [6.07, 6.45) is 1.83. The number of carbonyl (C=O) groups is 1. The number of urea groups is 1. The molecule has 0 saturated heterocycles. The van der Waals surface area contributed by atoms with Crippen LogP contribution in [0.1, 0.15) is 12.0 Å². The van der Waals surface area contributed by atoms with Gasteiger partial charge in [-0.1, -0.05) is 36.4 Å². The molecular weight excluding hydrogens is 356 g/mol. The lowest BCUT2D eigenvalue weighted by molar-refractivity contribution is 0.252. The molecule has 2 amide bonds. The fourth-order valence-corrected chi connectivity index (χ4v) is 3.68. The van der Waals surface area contributed by atoms with Crippen LogP contribution in [0.5, 0.6) is 0 Å². The second-order valence-electron chi connectivity index (χ2n) is 6.31.